The number of para-hydroxylation sites is 2. The van der Waals surface area contributed by atoms with E-state index in [9.17, 15) is 9.18 Å². The molecule has 3 aromatic rings. The second-order valence-corrected chi connectivity index (χ2v) is 5.17. The third-order valence-corrected chi connectivity index (χ3v) is 3.39. The van der Waals surface area contributed by atoms with E-state index in [-0.39, 0.29) is 24.9 Å². The molecular weight excluding hydrogens is 325 g/mol. The van der Waals surface area contributed by atoms with Gasteiger partial charge in [-0.3, -0.25) is 0 Å². The van der Waals surface area contributed by atoms with Crippen LogP contribution in [-0.2, 0) is 13.1 Å². The van der Waals surface area contributed by atoms with Crippen molar-refractivity contribution < 1.29 is 18.4 Å². The molecule has 0 aliphatic rings. The van der Waals surface area contributed by atoms with Crippen LogP contribution in [0.15, 0.2) is 65.4 Å². The fraction of sp³-hybridized carbons (Fsp3) is 0.111. The summed E-state index contributed by atoms with van der Waals surface area (Å²) in [7, 11) is 0. The van der Waals surface area contributed by atoms with Gasteiger partial charge in [0.15, 0.2) is 11.6 Å². The molecule has 0 aliphatic carbocycles. The van der Waals surface area contributed by atoms with Crippen LogP contribution < -0.4 is 15.4 Å². The average molecular weight is 341 g/mol. The van der Waals surface area contributed by atoms with Crippen molar-refractivity contribution in [2.45, 2.75) is 13.1 Å². The molecule has 0 bridgehead atoms. The molecule has 2 amide bonds. The van der Waals surface area contributed by atoms with Gasteiger partial charge in [-0.25, -0.2) is 9.18 Å². The topological polar surface area (TPSA) is 76.4 Å². The van der Waals surface area contributed by atoms with Gasteiger partial charge in [0, 0.05) is 18.2 Å². The third kappa shape index (κ3) is 4.57. The fourth-order valence-corrected chi connectivity index (χ4v) is 2.13. The molecule has 0 radical (unpaired) electrons. The molecular formula is C18H16FN3O3. The highest BCUT2D eigenvalue weighted by Crippen LogP contribution is 2.27. The first-order valence-electron chi connectivity index (χ1n) is 7.63. The Morgan fingerprint density at radius 2 is 1.72 bits per heavy atom. The van der Waals surface area contributed by atoms with Crippen LogP contribution in [0.1, 0.15) is 11.3 Å². The van der Waals surface area contributed by atoms with Crippen LogP contribution in [-0.4, -0.2) is 11.2 Å². The summed E-state index contributed by atoms with van der Waals surface area (Å²) in [5.74, 6) is 0.158. The summed E-state index contributed by atoms with van der Waals surface area (Å²) in [4.78, 5) is 11.9. The predicted molar refractivity (Wildman–Crippen MR) is 88.5 cm³/mol. The van der Waals surface area contributed by atoms with Crippen LogP contribution in [0.3, 0.4) is 0 Å². The summed E-state index contributed by atoms with van der Waals surface area (Å²) in [6.45, 7) is 0.491. The number of nitrogens with one attached hydrogen (secondary N) is 2. The second-order valence-electron chi connectivity index (χ2n) is 5.17. The Hall–Kier alpha value is -3.35. The Morgan fingerprint density at radius 1 is 1.00 bits per heavy atom. The van der Waals surface area contributed by atoms with E-state index >= 15 is 0 Å². The van der Waals surface area contributed by atoms with E-state index in [1.165, 1.54) is 12.3 Å². The zero-order chi connectivity index (χ0) is 17.5. The molecule has 3 rings (SSSR count). The monoisotopic (exact) mass is 341 g/mol. The van der Waals surface area contributed by atoms with Gasteiger partial charge in [-0.15, -0.1) is 0 Å². The van der Waals surface area contributed by atoms with E-state index in [1.807, 2.05) is 6.07 Å². The maximum atomic E-state index is 13.7. The Morgan fingerprint density at radius 3 is 2.48 bits per heavy atom. The van der Waals surface area contributed by atoms with Gasteiger partial charge in [0.05, 0.1) is 6.54 Å². The highest BCUT2D eigenvalue weighted by molar-refractivity contribution is 5.73. The molecule has 128 valence electrons. The lowest BCUT2D eigenvalue weighted by molar-refractivity contribution is 0.239. The van der Waals surface area contributed by atoms with Crippen molar-refractivity contribution in [3.8, 4) is 11.5 Å². The number of urea groups is 1. The fourth-order valence-electron chi connectivity index (χ4n) is 2.13. The largest absolute Gasteiger partial charge is 0.454 e. The van der Waals surface area contributed by atoms with Gasteiger partial charge < -0.3 is 19.9 Å². The first-order chi connectivity index (χ1) is 12.2. The van der Waals surface area contributed by atoms with Gasteiger partial charge in [0.1, 0.15) is 17.7 Å². The predicted octanol–water partition coefficient (Wildman–Crippen LogP) is 3.61. The number of hydrogen-bond donors (Lipinski definition) is 2. The average Bonchev–Trinajstić information content (AvgIpc) is 3.15. The molecule has 0 spiro atoms. The zero-order valence-corrected chi connectivity index (χ0v) is 13.2. The van der Waals surface area contributed by atoms with Crippen molar-refractivity contribution >= 4 is 6.03 Å². The van der Waals surface area contributed by atoms with E-state index < -0.39 is 5.82 Å². The molecule has 0 fully saturated rings. The number of benzene rings is 2. The number of rotatable bonds is 6. The maximum absolute atomic E-state index is 13.7. The molecule has 0 saturated carbocycles. The number of halogens is 1. The molecule has 7 heteroatoms. The molecule has 0 saturated heterocycles. The Labute approximate surface area is 143 Å². The Kier molecular flexibility index (Phi) is 5.26. The number of nitrogens with zero attached hydrogens (tertiary/aromatic N) is 1. The molecule has 25 heavy (non-hydrogen) atoms. The second kappa shape index (κ2) is 7.96. The SMILES string of the molecule is O=C(NCc1ccon1)NCc1ccccc1Oc1ccccc1F. The lowest BCUT2D eigenvalue weighted by atomic mass is 10.2. The van der Waals surface area contributed by atoms with Gasteiger partial charge in [0.25, 0.3) is 0 Å². The first kappa shape index (κ1) is 16.5. The molecule has 0 atom stereocenters. The summed E-state index contributed by atoms with van der Waals surface area (Å²) >= 11 is 0. The number of carbonyl (C=O) groups excluding carboxylic acids is 1. The zero-order valence-electron chi connectivity index (χ0n) is 13.2. The van der Waals surface area contributed by atoms with Crippen molar-refractivity contribution in [1.82, 2.24) is 15.8 Å². The number of ether oxygens (including phenoxy) is 1. The highest BCUT2D eigenvalue weighted by atomic mass is 19.1. The molecule has 2 aromatic carbocycles. The summed E-state index contributed by atoms with van der Waals surface area (Å²) < 4.78 is 24.0. The van der Waals surface area contributed by atoms with Crippen LogP contribution >= 0.6 is 0 Å². The van der Waals surface area contributed by atoms with Crippen LogP contribution in [0.5, 0.6) is 11.5 Å². The van der Waals surface area contributed by atoms with E-state index in [4.69, 9.17) is 4.74 Å². The minimum Gasteiger partial charge on any atom is -0.454 e. The van der Waals surface area contributed by atoms with Crippen LogP contribution in [0, 0.1) is 5.82 Å². The summed E-state index contributed by atoms with van der Waals surface area (Å²) in [6, 6.07) is 14.6. The number of carbonyl (C=O) groups is 1. The van der Waals surface area contributed by atoms with Crippen molar-refractivity contribution in [2.24, 2.45) is 0 Å². The molecule has 2 N–H and O–H groups in total. The molecule has 0 unspecified atom stereocenters. The molecule has 0 aliphatic heterocycles. The van der Waals surface area contributed by atoms with Gasteiger partial charge in [-0.2, -0.15) is 0 Å². The van der Waals surface area contributed by atoms with Gasteiger partial charge in [-0.1, -0.05) is 35.5 Å². The Balaban J connectivity index is 1.59. The van der Waals surface area contributed by atoms with Crippen LogP contribution in [0.2, 0.25) is 0 Å². The minimum absolute atomic E-state index is 0.130. The molecule has 6 nitrogen and oxygen atoms in total. The lowest BCUT2D eigenvalue weighted by Gasteiger charge is -2.12. The quantitative estimate of drug-likeness (QED) is 0.718. The number of amides is 2. The number of hydrogen-bond acceptors (Lipinski definition) is 4. The van der Waals surface area contributed by atoms with Gasteiger partial charge in [-0.05, 0) is 18.2 Å². The third-order valence-electron chi connectivity index (χ3n) is 3.39. The van der Waals surface area contributed by atoms with E-state index in [2.05, 4.69) is 20.3 Å². The van der Waals surface area contributed by atoms with Crippen molar-refractivity contribution in [2.75, 3.05) is 0 Å². The summed E-state index contributed by atoms with van der Waals surface area (Å²) in [6.07, 6.45) is 1.44. The maximum Gasteiger partial charge on any atom is 0.315 e. The van der Waals surface area contributed by atoms with E-state index in [1.54, 1.807) is 42.5 Å². The number of aromatic nitrogens is 1. The Bertz CT molecular complexity index is 837. The van der Waals surface area contributed by atoms with Gasteiger partial charge >= 0.3 is 6.03 Å². The summed E-state index contributed by atoms with van der Waals surface area (Å²) in [5.41, 5.74) is 1.35. The van der Waals surface area contributed by atoms with E-state index in [0.29, 0.717) is 11.4 Å². The summed E-state index contributed by atoms with van der Waals surface area (Å²) in [5, 5.41) is 9.08. The minimum atomic E-state index is -0.449. The molecule has 1 heterocycles. The smallest absolute Gasteiger partial charge is 0.315 e. The lowest BCUT2D eigenvalue weighted by Crippen LogP contribution is -2.34. The highest BCUT2D eigenvalue weighted by Gasteiger charge is 2.09. The normalized spacial score (nSPS) is 10.3. The first-order valence-corrected chi connectivity index (χ1v) is 7.63. The molecule has 1 aromatic heterocycles. The van der Waals surface area contributed by atoms with E-state index in [0.717, 1.165) is 5.56 Å². The van der Waals surface area contributed by atoms with Crippen molar-refractivity contribution in [3.05, 3.63) is 77.9 Å². The van der Waals surface area contributed by atoms with Crippen LogP contribution in [0.25, 0.3) is 0 Å². The van der Waals surface area contributed by atoms with Crippen LogP contribution in [0.4, 0.5) is 9.18 Å². The van der Waals surface area contributed by atoms with Crippen molar-refractivity contribution in [1.29, 1.82) is 0 Å². The standard InChI is InChI=1S/C18H16FN3O3/c19-15-6-2-4-8-17(15)25-16-7-3-1-5-13(16)11-20-18(23)21-12-14-9-10-24-22-14/h1-10H,11-12H2,(H2,20,21,23). The van der Waals surface area contributed by atoms with Gasteiger partial charge in [0.2, 0.25) is 0 Å². The van der Waals surface area contributed by atoms with Crippen molar-refractivity contribution in [3.63, 3.8) is 0 Å².